The molecule has 2 rings (SSSR count). The molecule has 1 amide bonds. The fourth-order valence-electron chi connectivity index (χ4n) is 2.68. The highest BCUT2D eigenvalue weighted by Gasteiger charge is 2.17. The first kappa shape index (κ1) is 15.6. The molecule has 1 atom stereocenters. The van der Waals surface area contributed by atoms with Gasteiger partial charge in [-0.05, 0) is 37.9 Å². The monoisotopic (exact) mass is 284 g/mol. The maximum absolute atomic E-state index is 12.2. The van der Waals surface area contributed by atoms with Crippen LogP contribution in [0.25, 0.3) is 0 Å². The van der Waals surface area contributed by atoms with Crippen LogP contribution >= 0.6 is 0 Å². The highest BCUT2D eigenvalue weighted by molar-refractivity contribution is 5.83. The molecule has 21 heavy (non-hydrogen) atoms. The van der Waals surface area contributed by atoms with Crippen molar-refractivity contribution in [2.45, 2.75) is 32.1 Å². The summed E-state index contributed by atoms with van der Waals surface area (Å²) >= 11 is 0. The molecular formula is C18H24N2O. The van der Waals surface area contributed by atoms with Gasteiger partial charge in [0.25, 0.3) is 0 Å². The summed E-state index contributed by atoms with van der Waals surface area (Å²) in [5.74, 6) is 6.18. The van der Waals surface area contributed by atoms with Crippen LogP contribution in [0.1, 0.15) is 37.7 Å². The number of carbonyl (C=O) groups is 1. The Balaban J connectivity index is 1.76. The van der Waals surface area contributed by atoms with Crippen molar-refractivity contribution in [2.24, 2.45) is 0 Å². The van der Waals surface area contributed by atoms with E-state index in [1.54, 1.807) is 0 Å². The summed E-state index contributed by atoms with van der Waals surface area (Å²) in [6.45, 7) is 5.62. The Morgan fingerprint density at radius 2 is 1.95 bits per heavy atom. The lowest BCUT2D eigenvalue weighted by Crippen LogP contribution is -2.29. The van der Waals surface area contributed by atoms with Crippen molar-refractivity contribution in [3.63, 3.8) is 0 Å². The number of amides is 1. The van der Waals surface area contributed by atoms with Crippen LogP contribution in [0.3, 0.4) is 0 Å². The van der Waals surface area contributed by atoms with E-state index in [4.69, 9.17) is 0 Å². The van der Waals surface area contributed by atoms with E-state index in [1.165, 1.54) is 12.8 Å². The zero-order valence-corrected chi connectivity index (χ0v) is 12.8. The lowest BCUT2D eigenvalue weighted by molar-refractivity contribution is -0.122. The minimum Gasteiger partial charge on any atom is -0.345 e. The molecule has 1 aromatic carbocycles. The number of hydrogen-bond acceptors (Lipinski definition) is 2. The zero-order valence-electron chi connectivity index (χ0n) is 12.8. The number of benzene rings is 1. The molecule has 0 aliphatic carbocycles. The molecule has 112 valence electrons. The van der Waals surface area contributed by atoms with Crippen molar-refractivity contribution in [2.75, 3.05) is 26.2 Å². The van der Waals surface area contributed by atoms with E-state index in [1.807, 2.05) is 37.3 Å². The van der Waals surface area contributed by atoms with E-state index in [9.17, 15) is 4.79 Å². The molecule has 0 aromatic heterocycles. The fourth-order valence-corrected chi connectivity index (χ4v) is 2.68. The molecule has 1 aromatic rings. The van der Waals surface area contributed by atoms with Crippen LogP contribution in [0, 0.1) is 11.8 Å². The minimum atomic E-state index is -0.0772. The van der Waals surface area contributed by atoms with E-state index in [0.717, 1.165) is 31.6 Å². The summed E-state index contributed by atoms with van der Waals surface area (Å²) in [4.78, 5) is 14.6. The van der Waals surface area contributed by atoms with Crippen molar-refractivity contribution in [1.82, 2.24) is 10.2 Å². The summed E-state index contributed by atoms with van der Waals surface area (Å²) in [7, 11) is 0. The number of hydrogen-bond donors (Lipinski definition) is 1. The average Bonchev–Trinajstić information content (AvgIpc) is 3.02. The fraction of sp³-hybridized carbons (Fsp3) is 0.500. The molecule has 3 nitrogen and oxygen atoms in total. The van der Waals surface area contributed by atoms with E-state index >= 15 is 0 Å². The van der Waals surface area contributed by atoms with Gasteiger partial charge in [-0.15, -0.1) is 0 Å². The van der Waals surface area contributed by atoms with Crippen LogP contribution < -0.4 is 5.32 Å². The molecular weight excluding hydrogens is 260 g/mol. The number of nitrogens with one attached hydrogen (secondary N) is 1. The Morgan fingerprint density at radius 1 is 1.24 bits per heavy atom. The van der Waals surface area contributed by atoms with Gasteiger partial charge in [-0.3, -0.25) is 9.69 Å². The van der Waals surface area contributed by atoms with Crippen molar-refractivity contribution < 1.29 is 4.79 Å². The van der Waals surface area contributed by atoms with E-state index in [-0.39, 0.29) is 11.8 Å². The van der Waals surface area contributed by atoms with Gasteiger partial charge < -0.3 is 5.32 Å². The molecule has 1 N–H and O–H groups in total. The van der Waals surface area contributed by atoms with Gasteiger partial charge in [-0.2, -0.15) is 0 Å². The molecule has 1 saturated heterocycles. The van der Waals surface area contributed by atoms with Gasteiger partial charge in [0.05, 0.1) is 19.0 Å². The summed E-state index contributed by atoms with van der Waals surface area (Å²) < 4.78 is 0. The minimum absolute atomic E-state index is 0.0687. The quantitative estimate of drug-likeness (QED) is 0.842. The Morgan fingerprint density at radius 3 is 2.62 bits per heavy atom. The van der Waals surface area contributed by atoms with Gasteiger partial charge in [0.2, 0.25) is 5.91 Å². The van der Waals surface area contributed by atoms with Gasteiger partial charge in [-0.1, -0.05) is 49.1 Å². The second-order valence-electron chi connectivity index (χ2n) is 5.43. The molecule has 0 spiro atoms. The number of nitrogens with zero attached hydrogens (tertiary/aromatic N) is 1. The molecule has 0 bridgehead atoms. The zero-order chi connectivity index (χ0) is 14.9. The smallest absolute Gasteiger partial charge is 0.228 e. The maximum atomic E-state index is 12.2. The van der Waals surface area contributed by atoms with Crippen molar-refractivity contribution >= 4 is 5.91 Å². The highest BCUT2D eigenvalue weighted by Crippen LogP contribution is 2.18. The number of carbonyl (C=O) groups excluding carboxylic acids is 1. The van der Waals surface area contributed by atoms with Gasteiger partial charge in [-0.25, -0.2) is 0 Å². The molecule has 1 heterocycles. The first-order valence-electron chi connectivity index (χ1n) is 7.82. The van der Waals surface area contributed by atoms with Gasteiger partial charge >= 0.3 is 0 Å². The van der Waals surface area contributed by atoms with Crippen molar-refractivity contribution in [1.29, 1.82) is 0 Å². The van der Waals surface area contributed by atoms with Crippen molar-refractivity contribution in [3.05, 3.63) is 35.9 Å². The van der Waals surface area contributed by atoms with E-state index < -0.39 is 0 Å². The molecule has 3 heteroatoms. The van der Waals surface area contributed by atoms with E-state index in [2.05, 4.69) is 22.1 Å². The molecule has 1 unspecified atom stereocenters. The normalized spacial score (nSPS) is 16.0. The number of rotatable bonds is 5. The van der Waals surface area contributed by atoms with Crippen LogP contribution in [0.5, 0.6) is 0 Å². The SMILES string of the molecule is CCC(C(=O)NCC#CCN1CCCC1)c1ccccc1. The Labute approximate surface area is 127 Å². The standard InChI is InChI=1S/C18H24N2O/c1-2-17(16-10-4-3-5-11-16)18(21)19-12-6-7-13-20-14-8-9-15-20/h3-5,10-11,17H,2,8-9,12-15H2,1H3,(H,19,21). The Hall–Kier alpha value is -1.79. The molecule has 1 aliphatic heterocycles. The topological polar surface area (TPSA) is 32.3 Å². The molecule has 0 saturated carbocycles. The summed E-state index contributed by atoms with van der Waals surface area (Å²) in [6, 6.07) is 9.93. The number of likely N-dealkylation sites (tertiary alicyclic amines) is 1. The predicted octanol–water partition coefficient (Wildman–Crippen LogP) is 2.40. The van der Waals surface area contributed by atoms with Gasteiger partial charge in [0.15, 0.2) is 0 Å². The van der Waals surface area contributed by atoms with Crippen LogP contribution in [0.2, 0.25) is 0 Å². The first-order valence-corrected chi connectivity index (χ1v) is 7.82. The first-order chi connectivity index (χ1) is 10.3. The third-order valence-electron chi connectivity index (χ3n) is 3.90. The Bertz CT molecular complexity index is 495. The second kappa shape index (κ2) is 8.49. The third-order valence-corrected chi connectivity index (χ3v) is 3.90. The summed E-state index contributed by atoms with van der Waals surface area (Å²) in [6.07, 6.45) is 3.37. The Kier molecular flexibility index (Phi) is 6.30. The van der Waals surface area contributed by atoms with Crippen molar-refractivity contribution in [3.8, 4) is 11.8 Å². The average molecular weight is 284 g/mol. The van der Waals surface area contributed by atoms with Crippen LogP contribution in [-0.2, 0) is 4.79 Å². The highest BCUT2D eigenvalue weighted by atomic mass is 16.1. The van der Waals surface area contributed by atoms with Crippen LogP contribution in [0.4, 0.5) is 0 Å². The van der Waals surface area contributed by atoms with E-state index in [0.29, 0.717) is 6.54 Å². The molecule has 1 aliphatic rings. The second-order valence-corrected chi connectivity index (χ2v) is 5.43. The summed E-state index contributed by atoms with van der Waals surface area (Å²) in [5.41, 5.74) is 1.07. The van der Waals surface area contributed by atoms with Gasteiger partial charge in [0.1, 0.15) is 0 Å². The third kappa shape index (κ3) is 4.91. The largest absolute Gasteiger partial charge is 0.345 e. The predicted molar refractivity (Wildman–Crippen MR) is 85.9 cm³/mol. The molecule has 0 radical (unpaired) electrons. The summed E-state index contributed by atoms with van der Waals surface area (Å²) in [5, 5.41) is 2.93. The maximum Gasteiger partial charge on any atom is 0.228 e. The van der Waals surface area contributed by atoms with Gasteiger partial charge in [0, 0.05) is 0 Å². The lowest BCUT2D eigenvalue weighted by atomic mass is 9.96. The van der Waals surface area contributed by atoms with Crippen LogP contribution in [0.15, 0.2) is 30.3 Å². The molecule has 1 fully saturated rings. The van der Waals surface area contributed by atoms with Crippen LogP contribution in [-0.4, -0.2) is 37.0 Å². The lowest BCUT2D eigenvalue weighted by Gasteiger charge is -2.14.